The van der Waals surface area contributed by atoms with Crippen LogP contribution in [-0.4, -0.2) is 37.0 Å². The molecule has 6 rings (SSSR count). The lowest BCUT2D eigenvalue weighted by Gasteiger charge is -2.33. The molecule has 2 aromatic heterocycles. The lowest BCUT2D eigenvalue weighted by Crippen LogP contribution is -2.47. The highest BCUT2D eigenvalue weighted by atomic mass is 19.4. The minimum Gasteiger partial charge on any atom is -0.435 e. The van der Waals surface area contributed by atoms with Crippen molar-refractivity contribution < 1.29 is 27.1 Å². The molecule has 0 unspecified atom stereocenters. The monoisotopic (exact) mass is 537 g/mol. The summed E-state index contributed by atoms with van der Waals surface area (Å²) < 4.78 is 63.5. The van der Waals surface area contributed by atoms with Gasteiger partial charge in [0, 0.05) is 30.8 Å². The van der Waals surface area contributed by atoms with Crippen molar-refractivity contribution in [1.29, 1.82) is 0 Å². The molecule has 3 aromatic carbocycles. The van der Waals surface area contributed by atoms with Gasteiger partial charge in [0.05, 0.1) is 6.10 Å². The number of halogens is 4. The zero-order valence-electron chi connectivity index (χ0n) is 20.7. The summed E-state index contributed by atoms with van der Waals surface area (Å²) in [4.78, 5) is 4.40. The second-order valence-electron chi connectivity index (χ2n) is 9.68. The van der Waals surface area contributed by atoms with Crippen LogP contribution in [-0.2, 0) is 19.8 Å². The van der Waals surface area contributed by atoms with Gasteiger partial charge in [-0.05, 0) is 65.9 Å². The Morgan fingerprint density at radius 2 is 1.87 bits per heavy atom. The van der Waals surface area contributed by atoms with E-state index >= 15 is 0 Å². The highest BCUT2D eigenvalue weighted by molar-refractivity contribution is 5.84. The summed E-state index contributed by atoms with van der Waals surface area (Å²) in [6.07, 6.45) is -2.19. The van der Waals surface area contributed by atoms with Gasteiger partial charge in [0.2, 0.25) is 5.89 Å². The molecule has 1 aliphatic rings. The van der Waals surface area contributed by atoms with Crippen molar-refractivity contribution in [3.63, 3.8) is 0 Å². The molecule has 0 bridgehead atoms. The maximum absolute atomic E-state index is 14.2. The number of hydrogen-bond acceptors (Lipinski definition) is 6. The van der Waals surface area contributed by atoms with Crippen LogP contribution in [0.4, 0.5) is 17.6 Å². The standard InChI is InChI=1S/C28H23F4N5O2/c1-37-14-34-36-26(37)20-12-18(29)5-6-19(20)16-3-2-4-17(11-16)27-35-23-10-15(13-33-22-7-8-24(22)38)9-21(25(23)39-27)28(30,31)32/h2-6,9-12,14,22,24,33,38H,7-8,13H2,1H3/t22-,24+/m1/s1. The van der Waals surface area contributed by atoms with E-state index in [9.17, 15) is 22.7 Å². The zero-order valence-corrected chi connectivity index (χ0v) is 20.7. The SMILES string of the molecule is Cn1cnnc1-c1cc(F)ccc1-c1cccc(-c2nc3cc(CN[C@@H]4CC[C@@H]4O)cc(C(F)(F)F)c3o2)c1. The Kier molecular flexibility index (Phi) is 6.19. The van der Waals surface area contributed by atoms with Gasteiger partial charge < -0.3 is 19.4 Å². The molecule has 1 fully saturated rings. The molecule has 39 heavy (non-hydrogen) atoms. The van der Waals surface area contributed by atoms with Gasteiger partial charge in [-0.3, -0.25) is 0 Å². The van der Waals surface area contributed by atoms with Crippen LogP contribution >= 0.6 is 0 Å². The highest BCUT2D eigenvalue weighted by Gasteiger charge is 2.36. The van der Waals surface area contributed by atoms with Crippen molar-refractivity contribution in [2.45, 2.75) is 37.7 Å². The number of aliphatic hydroxyl groups excluding tert-OH is 1. The normalized spacial score (nSPS) is 17.5. The number of nitrogens with zero attached hydrogens (tertiary/aromatic N) is 4. The molecule has 0 aliphatic heterocycles. The van der Waals surface area contributed by atoms with Crippen LogP contribution in [0.5, 0.6) is 0 Å². The molecule has 11 heteroatoms. The summed E-state index contributed by atoms with van der Waals surface area (Å²) in [5.41, 5.74) is 1.52. The fourth-order valence-electron chi connectivity index (χ4n) is 4.80. The molecular weight excluding hydrogens is 514 g/mol. The van der Waals surface area contributed by atoms with E-state index in [1.165, 1.54) is 18.5 Å². The van der Waals surface area contributed by atoms with Crippen molar-refractivity contribution >= 4 is 11.1 Å². The van der Waals surface area contributed by atoms with Gasteiger partial charge in [0.1, 0.15) is 23.2 Å². The lowest BCUT2D eigenvalue weighted by molar-refractivity contribution is -0.136. The Balaban J connectivity index is 1.40. The van der Waals surface area contributed by atoms with Crippen molar-refractivity contribution in [1.82, 2.24) is 25.1 Å². The molecule has 2 heterocycles. The van der Waals surface area contributed by atoms with E-state index in [1.54, 1.807) is 48.0 Å². The van der Waals surface area contributed by atoms with Gasteiger partial charge in [-0.15, -0.1) is 10.2 Å². The molecule has 0 spiro atoms. The van der Waals surface area contributed by atoms with Crippen LogP contribution in [0.3, 0.4) is 0 Å². The van der Waals surface area contributed by atoms with Gasteiger partial charge in [0.25, 0.3) is 0 Å². The number of aliphatic hydroxyl groups is 1. The molecule has 1 saturated carbocycles. The molecule has 0 radical (unpaired) electrons. The summed E-state index contributed by atoms with van der Waals surface area (Å²) in [6, 6.07) is 13.7. The third-order valence-corrected chi connectivity index (χ3v) is 7.02. The summed E-state index contributed by atoms with van der Waals surface area (Å²) >= 11 is 0. The van der Waals surface area contributed by atoms with Gasteiger partial charge in [-0.2, -0.15) is 13.2 Å². The molecule has 2 atom stereocenters. The fraction of sp³-hybridized carbons (Fsp3) is 0.250. The second-order valence-corrected chi connectivity index (χ2v) is 9.68. The number of nitrogens with one attached hydrogen (secondary N) is 1. The maximum atomic E-state index is 14.2. The van der Waals surface area contributed by atoms with Crippen LogP contribution in [0, 0.1) is 5.82 Å². The average Bonchev–Trinajstić information content (AvgIpc) is 3.53. The molecule has 1 aliphatic carbocycles. The summed E-state index contributed by atoms with van der Waals surface area (Å²) in [5, 5.41) is 20.9. The van der Waals surface area contributed by atoms with E-state index < -0.39 is 23.7 Å². The quantitative estimate of drug-likeness (QED) is 0.269. The van der Waals surface area contributed by atoms with Crippen LogP contribution < -0.4 is 5.32 Å². The zero-order chi connectivity index (χ0) is 27.3. The fourth-order valence-corrected chi connectivity index (χ4v) is 4.80. The van der Waals surface area contributed by atoms with E-state index in [1.807, 2.05) is 0 Å². The molecule has 2 N–H and O–H groups in total. The molecule has 5 aromatic rings. The summed E-state index contributed by atoms with van der Waals surface area (Å²) in [5.74, 6) is 0.0463. The average molecular weight is 538 g/mol. The molecule has 7 nitrogen and oxygen atoms in total. The van der Waals surface area contributed by atoms with E-state index in [0.29, 0.717) is 40.1 Å². The Morgan fingerprint density at radius 1 is 1.05 bits per heavy atom. The molecule has 0 saturated heterocycles. The smallest absolute Gasteiger partial charge is 0.420 e. The summed E-state index contributed by atoms with van der Waals surface area (Å²) in [6.45, 7) is 0.161. The molecular formula is C28H23F4N5O2. The predicted molar refractivity (Wildman–Crippen MR) is 136 cm³/mol. The van der Waals surface area contributed by atoms with Crippen LogP contribution in [0.1, 0.15) is 24.0 Å². The van der Waals surface area contributed by atoms with Gasteiger partial charge in [-0.1, -0.05) is 18.2 Å². The van der Waals surface area contributed by atoms with Crippen LogP contribution in [0.2, 0.25) is 0 Å². The number of benzene rings is 3. The van der Waals surface area contributed by atoms with E-state index in [2.05, 4.69) is 20.5 Å². The Hall–Kier alpha value is -4.09. The Labute approximate surface area is 220 Å². The van der Waals surface area contributed by atoms with Gasteiger partial charge >= 0.3 is 6.18 Å². The molecule has 0 amide bonds. The third-order valence-electron chi connectivity index (χ3n) is 7.02. The Morgan fingerprint density at radius 3 is 2.56 bits per heavy atom. The van der Waals surface area contributed by atoms with Crippen LogP contribution in [0.15, 0.2) is 65.3 Å². The first-order chi connectivity index (χ1) is 18.7. The van der Waals surface area contributed by atoms with Crippen LogP contribution in [0.25, 0.3) is 45.1 Å². The topological polar surface area (TPSA) is 89.0 Å². The number of fused-ring (bicyclic) bond motifs is 1. The Bertz CT molecular complexity index is 1680. The van der Waals surface area contributed by atoms with E-state index in [4.69, 9.17) is 4.42 Å². The van der Waals surface area contributed by atoms with Crippen molar-refractivity contribution in [3.05, 3.63) is 77.9 Å². The van der Waals surface area contributed by atoms with E-state index in [-0.39, 0.29) is 29.6 Å². The first-order valence-corrected chi connectivity index (χ1v) is 12.3. The predicted octanol–water partition coefficient (Wildman–Crippen LogP) is 5.73. The van der Waals surface area contributed by atoms with Gasteiger partial charge in [0.15, 0.2) is 11.4 Å². The number of oxazole rings is 1. The largest absolute Gasteiger partial charge is 0.435 e. The number of alkyl halides is 3. The number of hydrogen-bond donors (Lipinski definition) is 2. The first kappa shape index (κ1) is 25.2. The first-order valence-electron chi connectivity index (χ1n) is 12.3. The van der Waals surface area contributed by atoms with Crippen molar-refractivity contribution in [2.75, 3.05) is 0 Å². The third kappa shape index (κ3) is 4.79. The van der Waals surface area contributed by atoms with Crippen molar-refractivity contribution in [3.8, 4) is 34.0 Å². The lowest BCUT2D eigenvalue weighted by atomic mass is 9.89. The number of aromatic nitrogens is 4. The minimum absolute atomic E-state index is 0.0270. The summed E-state index contributed by atoms with van der Waals surface area (Å²) in [7, 11) is 1.75. The van der Waals surface area contributed by atoms with Crippen molar-refractivity contribution in [2.24, 2.45) is 7.05 Å². The second kappa shape index (κ2) is 9.58. The maximum Gasteiger partial charge on any atom is 0.420 e. The molecule has 200 valence electrons. The minimum atomic E-state index is -4.65. The van der Waals surface area contributed by atoms with E-state index in [0.717, 1.165) is 12.5 Å². The number of rotatable bonds is 6. The number of aryl methyl sites for hydroxylation is 1. The van der Waals surface area contributed by atoms with Gasteiger partial charge in [-0.25, -0.2) is 9.37 Å². The highest BCUT2D eigenvalue weighted by Crippen LogP contribution is 2.39.